The molecule has 1 aliphatic carbocycles. The zero-order valence-corrected chi connectivity index (χ0v) is 12.8. The average molecular weight is 300 g/mol. The largest absolute Gasteiger partial charge is 0.313 e. The van der Waals surface area contributed by atoms with Gasteiger partial charge in [0.1, 0.15) is 5.82 Å². The van der Waals surface area contributed by atoms with Crippen molar-refractivity contribution in [2.75, 3.05) is 6.54 Å². The predicted molar refractivity (Wildman–Crippen MR) is 76.4 cm³/mol. The van der Waals surface area contributed by atoms with Crippen molar-refractivity contribution in [3.8, 4) is 0 Å². The van der Waals surface area contributed by atoms with Gasteiger partial charge in [0, 0.05) is 18.2 Å². The SMILES string of the molecule is CCNCc1cc(S(=O)(=O)NC2CC2C)cc(C)c1F. The molecule has 1 aromatic carbocycles. The van der Waals surface area contributed by atoms with Crippen LogP contribution in [-0.2, 0) is 16.6 Å². The van der Waals surface area contributed by atoms with E-state index in [2.05, 4.69) is 10.0 Å². The summed E-state index contributed by atoms with van der Waals surface area (Å²) in [6, 6.07) is 2.82. The summed E-state index contributed by atoms with van der Waals surface area (Å²) in [5.41, 5.74) is 0.737. The zero-order chi connectivity index (χ0) is 14.9. The van der Waals surface area contributed by atoms with Gasteiger partial charge in [-0.2, -0.15) is 0 Å². The molecule has 6 heteroatoms. The fourth-order valence-corrected chi connectivity index (χ4v) is 3.60. The van der Waals surface area contributed by atoms with Gasteiger partial charge in [0.05, 0.1) is 4.90 Å². The van der Waals surface area contributed by atoms with Gasteiger partial charge in [-0.15, -0.1) is 0 Å². The summed E-state index contributed by atoms with van der Waals surface area (Å²) < 4.78 is 41.2. The monoisotopic (exact) mass is 300 g/mol. The minimum Gasteiger partial charge on any atom is -0.313 e. The van der Waals surface area contributed by atoms with Crippen molar-refractivity contribution in [2.45, 2.75) is 44.7 Å². The number of sulfonamides is 1. The highest BCUT2D eigenvalue weighted by molar-refractivity contribution is 7.89. The quantitative estimate of drug-likeness (QED) is 0.844. The van der Waals surface area contributed by atoms with Gasteiger partial charge in [-0.25, -0.2) is 17.5 Å². The minimum absolute atomic E-state index is 0.0163. The number of hydrogen-bond donors (Lipinski definition) is 2. The van der Waals surface area contributed by atoms with Crippen LogP contribution in [0, 0.1) is 18.7 Å². The Bertz CT molecular complexity index is 601. The molecule has 1 fully saturated rings. The molecule has 0 aliphatic heterocycles. The van der Waals surface area contributed by atoms with Crippen molar-refractivity contribution in [3.05, 3.63) is 29.1 Å². The second-order valence-corrected chi connectivity index (χ2v) is 7.15. The standard InChI is InChI=1S/C14H21FN2O2S/c1-4-16-8-11-7-12(5-10(3)14(11)15)20(18,19)17-13-6-9(13)2/h5,7,9,13,16-17H,4,6,8H2,1-3H3. The summed E-state index contributed by atoms with van der Waals surface area (Å²) in [6.45, 7) is 6.53. The highest BCUT2D eigenvalue weighted by atomic mass is 32.2. The number of hydrogen-bond acceptors (Lipinski definition) is 3. The first kappa shape index (κ1) is 15.4. The second kappa shape index (κ2) is 5.79. The van der Waals surface area contributed by atoms with E-state index < -0.39 is 10.0 Å². The predicted octanol–water partition coefficient (Wildman–Crippen LogP) is 1.93. The molecule has 2 N–H and O–H groups in total. The Kier molecular flexibility index (Phi) is 4.46. The van der Waals surface area contributed by atoms with E-state index in [4.69, 9.17) is 0 Å². The first-order chi connectivity index (χ1) is 9.35. The summed E-state index contributed by atoms with van der Waals surface area (Å²) in [5.74, 6) is 0.0391. The van der Waals surface area contributed by atoms with Crippen molar-refractivity contribution < 1.29 is 12.8 Å². The van der Waals surface area contributed by atoms with Crippen molar-refractivity contribution in [3.63, 3.8) is 0 Å². The number of benzene rings is 1. The van der Waals surface area contributed by atoms with Gasteiger partial charge in [-0.3, -0.25) is 0 Å². The van der Waals surface area contributed by atoms with Gasteiger partial charge in [-0.05, 0) is 43.5 Å². The Morgan fingerprint density at radius 1 is 1.40 bits per heavy atom. The van der Waals surface area contributed by atoms with Gasteiger partial charge in [0.25, 0.3) is 0 Å². The van der Waals surface area contributed by atoms with Gasteiger partial charge in [0.2, 0.25) is 10.0 Å². The Morgan fingerprint density at radius 2 is 2.05 bits per heavy atom. The lowest BCUT2D eigenvalue weighted by molar-refractivity contribution is 0.571. The molecule has 1 saturated carbocycles. The second-order valence-electron chi connectivity index (χ2n) is 5.43. The van der Waals surface area contributed by atoms with Crippen molar-refractivity contribution in [1.29, 1.82) is 0 Å². The van der Waals surface area contributed by atoms with Crippen LogP contribution in [0.1, 0.15) is 31.4 Å². The van der Waals surface area contributed by atoms with E-state index in [1.807, 2.05) is 13.8 Å². The molecule has 1 aromatic rings. The first-order valence-electron chi connectivity index (χ1n) is 6.87. The van der Waals surface area contributed by atoms with Crippen molar-refractivity contribution in [2.24, 2.45) is 5.92 Å². The van der Waals surface area contributed by atoms with E-state index in [0.29, 0.717) is 30.1 Å². The first-order valence-corrected chi connectivity index (χ1v) is 8.35. The summed E-state index contributed by atoms with van der Waals surface area (Å²) in [4.78, 5) is 0.142. The topological polar surface area (TPSA) is 58.2 Å². The fourth-order valence-electron chi connectivity index (χ4n) is 2.10. The highest BCUT2D eigenvalue weighted by Crippen LogP contribution is 2.31. The van der Waals surface area contributed by atoms with E-state index in [9.17, 15) is 12.8 Å². The maximum atomic E-state index is 14.0. The van der Waals surface area contributed by atoms with Gasteiger partial charge in [-0.1, -0.05) is 13.8 Å². The molecule has 20 heavy (non-hydrogen) atoms. The lowest BCUT2D eigenvalue weighted by Crippen LogP contribution is -2.27. The number of nitrogens with one attached hydrogen (secondary N) is 2. The highest BCUT2D eigenvalue weighted by Gasteiger charge is 2.36. The maximum absolute atomic E-state index is 14.0. The minimum atomic E-state index is -3.56. The lowest BCUT2D eigenvalue weighted by Gasteiger charge is -2.11. The molecule has 0 spiro atoms. The van der Waals surface area contributed by atoms with Crippen LogP contribution in [0.25, 0.3) is 0 Å². The van der Waals surface area contributed by atoms with E-state index in [0.717, 1.165) is 6.42 Å². The van der Waals surface area contributed by atoms with Crippen molar-refractivity contribution in [1.82, 2.24) is 10.0 Å². The smallest absolute Gasteiger partial charge is 0.240 e. The van der Waals surface area contributed by atoms with E-state index in [-0.39, 0.29) is 16.8 Å². The molecule has 2 atom stereocenters. The number of rotatable bonds is 6. The molecular weight excluding hydrogens is 279 g/mol. The Labute approximate surface area is 119 Å². The maximum Gasteiger partial charge on any atom is 0.240 e. The number of aryl methyl sites for hydroxylation is 1. The fraction of sp³-hybridized carbons (Fsp3) is 0.571. The third-order valence-electron chi connectivity index (χ3n) is 3.60. The molecule has 0 amide bonds. The van der Waals surface area contributed by atoms with Gasteiger partial charge >= 0.3 is 0 Å². The summed E-state index contributed by atoms with van der Waals surface area (Å²) in [6.07, 6.45) is 0.865. The van der Waals surface area contributed by atoms with Crippen LogP contribution in [0.15, 0.2) is 17.0 Å². The number of halogens is 1. The molecule has 0 heterocycles. The van der Waals surface area contributed by atoms with Crippen LogP contribution < -0.4 is 10.0 Å². The molecule has 112 valence electrons. The molecular formula is C14H21FN2O2S. The van der Waals surface area contributed by atoms with Crippen LogP contribution in [0.5, 0.6) is 0 Å². The van der Waals surface area contributed by atoms with Gasteiger partial charge in [0.15, 0.2) is 0 Å². The Balaban J connectivity index is 2.29. The Morgan fingerprint density at radius 3 is 2.60 bits per heavy atom. The Hall–Kier alpha value is -0.980. The molecule has 0 bridgehead atoms. The molecule has 1 aliphatic rings. The van der Waals surface area contributed by atoms with Crippen LogP contribution in [0.4, 0.5) is 4.39 Å². The van der Waals surface area contributed by atoms with Crippen LogP contribution >= 0.6 is 0 Å². The molecule has 0 saturated heterocycles. The lowest BCUT2D eigenvalue weighted by atomic mass is 10.1. The van der Waals surface area contributed by atoms with E-state index >= 15 is 0 Å². The molecule has 2 unspecified atom stereocenters. The molecule has 0 radical (unpaired) electrons. The van der Waals surface area contributed by atoms with Crippen LogP contribution in [0.3, 0.4) is 0 Å². The normalized spacial score (nSPS) is 22.0. The third-order valence-corrected chi connectivity index (χ3v) is 5.06. The summed E-state index contributed by atoms with van der Waals surface area (Å²) >= 11 is 0. The zero-order valence-electron chi connectivity index (χ0n) is 12.0. The van der Waals surface area contributed by atoms with Crippen LogP contribution in [0.2, 0.25) is 0 Å². The van der Waals surface area contributed by atoms with Gasteiger partial charge < -0.3 is 5.32 Å². The van der Waals surface area contributed by atoms with Crippen molar-refractivity contribution >= 4 is 10.0 Å². The molecule has 0 aromatic heterocycles. The van der Waals surface area contributed by atoms with E-state index in [1.54, 1.807) is 6.92 Å². The summed E-state index contributed by atoms with van der Waals surface area (Å²) in [7, 11) is -3.56. The average Bonchev–Trinajstić information content (AvgIpc) is 3.05. The molecule has 2 rings (SSSR count). The molecule has 4 nitrogen and oxygen atoms in total. The summed E-state index contributed by atoms with van der Waals surface area (Å²) in [5, 5.41) is 3.02. The van der Waals surface area contributed by atoms with Crippen LogP contribution in [-0.4, -0.2) is 21.0 Å². The third kappa shape index (κ3) is 3.37. The van der Waals surface area contributed by atoms with E-state index in [1.165, 1.54) is 12.1 Å².